The van der Waals surface area contributed by atoms with Crippen LogP contribution in [0.4, 0.5) is 0 Å². The first-order chi connectivity index (χ1) is 13.7. The van der Waals surface area contributed by atoms with E-state index >= 15 is 0 Å². The molecule has 0 fully saturated rings. The van der Waals surface area contributed by atoms with Crippen molar-refractivity contribution >= 4 is 16.7 Å². The van der Waals surface area contributed by atoms with E-state index in [2.05, 4.69) is 4.98 Å². The molecule has 5 heteroatoms. The molecule has 5 nitrogen and oxygen atoms in total. The smallest absolute Gasteiger partial charge is 0.285 e. The van der Waals surface area contributed by atoms with Crippen LogP contribution in [0.1, 0.15) is 27.4 Å². The Balaban J connectivity index is 1.91. The second kappa shape index (κ2) is 7.48. The SMILES string of the molecule is O=C(c1ccccc1)C(C(c1ccccc1)c1c[nH]c2ccccc12)[N+](=O)[O-]. The van der Waals surface area contributed by atoms with Crippen LogP contribution in [0.25, 0.3) is 10.9 Å². The number of nitrogens with one attached hydrogen (secondary N) is 1. The molecule has 0 aliphatic rings. The van der Waals surface area contributed by atoms with Crippen molar-refractivity contribution in [1.29, 1.82) is 0 Å². The highest BCUT2D eigenvalue weighted by Crippen LogP contribution is 2.35. The number of aromatic amines is 1. The Bertz CT molecular complexity index is 1120. The number of carbonyl (C=O) groups is 1. The molecule has 1 heterocycles. The third-order valence-corrected chi connectivity index (χ3v) is 4.98. The number of rotatable bonds is 6. The van der Waals surface area contributed by atoms with E-state index in [0.717, 1.165) is 22.0 Å². The number of fused-ring (bicyclic) bond motifs is 1. The lowest BCUT2D eigenvalue weighted by atomic mass is 9.82. The van der Waals surface area contributed by atoms with Gasteiger partial charge in [-0.25, -0.2) is 0 Å². The minimum atomic E-state index is -1.43. The first kappa shape index (κ1) is 17.7. The summed E-state index contributed by atoms with van der Waals surface area (Å²) in [5.74, 6) is -1.20. The van der Waals surface area contributed by atoms with Crippen molar-refractivity contribution in [1.82, 2.24) is 4.98 Å². The van der Waals surface area contributed by atoms with Gasteiger partial charge in [-0.15, -0.1) is 0 Å². The first-order valence-corrected chi connectivity index (χ1v) is 9.00. The van der Waals surface area contributed by atoms with E-state index in [1.165, 1.54) is 0 Å². The van der Waals surface area contributed by atoms with Gasteiger partial charge in [-0.3, -0.25) is 14.9 Å². The third-order valence-electron chi connectivity index (χ3n) is 4.98. The second-order valence-corrected chi connectivity index (χ2v) is 6.64. The van der Waals surface area contributed by atoms with Crippen LogP contribution in [0.3, 0.4) is 0 Å². The topological polar surface area (TPSA) is 76.0 Å². The van der Waals surface area contributed by atoms with Gasteiger partial charge in [0.05, 0.1) is 5.92 Å². The summed E-state index contributed by atoms with van der Waals surface area (Å²) in [6.07, 6.45) is 1.77. The maximum Gasteiger partial charge on any atom is 0.285 e. The number of carbonyl (C=O) groups excluding carboxylic acids is 1. The average Bonchev–Trinajstić information content (AvgIpc) is 3.16. The second-order valence-electron chi connectivity index (χ2n) is 6.64. The predicted octanol–water partition coefficient (Wildman–Crippen LogP) is 4.83. The molecule has 3 aromatic carbocycles. The molecule has 0 spiro atoms. The van der Waals surface area contributed by atoms with E-state index in [4.69, 9.17) is 0 Å². The van der Waals surface area contributed by atoms with Crippen LogP contribution in [0.5, 0.6) is 0 Å². The number of nitro groups is 1. The predicted molar refractivity (Wildman–Crippen MR) is 108 cm³/mol. The Morgan fingerprint density at radius 2 is 1.46 bits per heavy atom. The van der Waals surface area contributed by atoms with Gasteiger partial charge in [0.15, 0.2) is 0 Å². The normalized spacial score (nSPS) is 13.1. The van der Waals surface area contributed by atoms with E-state index in [9.17, 15) is 14.9 Å². The number of Topliss-reactive ketones (excluding diaryl/α,β-unsaturated/α-hetero) is 1. The number of para-hydroxylation sites is 1. The number of hydrogen-bond acceptors (Lipinski definition) is 3. The van der Waals surface area contributed by atoms with Crippen LogP contribution in [-0.2, 0) is 0 Å². The Morgan fingerprint density at radius 3 is 2.14 bits per heavy atom. The quantitative estimate of drug-likeness (QED) is 0.300. The molecule has 4 rings (SSSR count). The van der Waals surface area contributed by atoms with Crippen LogP contribution >= 0.6 is 0 Å². The van der Waals surface area contributed by atoms with E-state index < -0.39 is 22.7 Å². The lowest BCUT2D eigenvalue weighted by Crippen LogP contribution is -2.36. The molecule has 0 saturated heterocycles. The summed E-state index contributed by atoms with van der Waals surface area (Å²) in [7, 11) is 0. The molecule has 4 aromatic rings. The highest BCUT2D eigenvalue weighted by Gasteiger charge is 2.42. The molecule has 0 aliphatic carbocycles. The van der Waals surface area contributed by atoms with Crippen molar-refractivity contribution < 1.29 is 9.72 Å². The largest absolute Gasteiger partial charge is 0.361 e. The molecule has 1 N–H and O–H groups in total. The van der Waals surface area contributed by atoms with Crippen molar-refractivity contribution in [3.8, 4) is 0 Å². The van der Waals surface area contributed by atoms with Crippen molar-refractivity contribution in [3.63, 3.8) is 0 Å². The highest BCUT2D eigenvalue weighted by atomic mass is 16.6. The lowest BCUT2D eigenvalue weighted by Gasteiger charge is -2.20. The number of H-pyrrole nitrogens is 1. The zero-order chi connectivity index (χ0) is 19.5. The van der Waals surface area contributed by atoms with Gasteiger partial charge in [-0.2, -0.15) is 0 Å². The van der Waals surface area contributed by atoms with E-state index in [1.807, 2.05) is 54.6 Å². The molecule has 0 saturated carbocycles. The number of aromatic nitrogens is 1. The fourth-order valence-corrected chi connectivity index (χ4v) is 3.69. The van der Waals surface area contributed by atoms with Crippen LogP contribution in [0, 0.1) is 10.1 Å². The molecule has 138 valence electrons. The number of nitrogens with zero attached hydrogens (tertiary/aromatic N) is 1. The average molecular weight is 370 g/mol. The molecule has 28 heavy (non-hydrogen) atoms. The van der Waals surface area contributed by atoms with Gasteiger partial charge in [-0.1, -0.05) is 78.9 Å². The molecular formula is C23H18N2O3. The molecule has 1 aromatic heterocycles. The molecule has 0 amide bonds. The standard InChI is InChI=1S/C23H18N2O3/c26-23(17-11-5-2-6-12-17)22(25(27)28)21(16-9-3-1-4-10-16)19-15-24-20-14-8-7-13-18(19)20/h1-15,21-22,24H. The molecular weight excluding hydrogens is 352 g/mol. The van der Waals surface area contributed by atoms with E-state index in [1.54, 1.807) is 36.5 Å². The van der Waals surface area contributed by atoms with Crippen molar-refractivity contribution in [2.45, 2.75) is 12.0 Å². The summed E-state index contributed by atoms with van der Waals surface area (Å²) >= 11 is 0. The fraction of sp³-hybridized carbons (Fsp3) is 0.0870. The first-order valence-electron chi connectivity index (χ1n) is 9.00. The Hall–Kier alpha value is -3.73. The highest BCUT2D eigenvalue weighted by molar-refractivity contribution is 6.00. The molecule has 0 bridgehead atoms. The summed E-state index contributed by atoms with van der Waals surface area (Å²) in [6, 6.07) is 23.9. The van der Waals surface area contributed by atoms with Crippen molar-refractivity contribution in [2.24, 2.45) is 0 Å². The zero-order valence-electron chi connectivity index (χ0n) is 15.0. The summed E-state index contributed by atoms with van der Waals surface area (Å²) in [6.45, 7) is 0. The third kappa shape index (κ3) is 3.18. The van der Waals surface area contributed by atoms with E-state index in [-0.39, 0.29) is 0 Å². The van der Waals surface area contributed by atoms with Crippen LogP contribution in [-0.4, -0.2) is 21.7 Å². The van der Waals surface area contributed by atoms with Gasteiger partial charge in [-0.05, 0) is 17.2 Å². The molecule has 0 radical (unpaired) electrons. The summed E-state index contributed by atoms with van der Waals surface area (Å²) in [4.78, 5) is 28.0. The molecule has 2 unspecified atom stereocenters. The Labute approximate surface area is 161 Å². The molecule has 0 aliphatic heterocycles. The van der Waals surface area contributed by atoms with Crippen LogP contribution in [0.15, 0.2) is 91.1 Å². The zero-order valence-corrected chi connectivity index (χ0v) is 15.0. The monoisotopic (exact) mass is 370 g/mol. The number of benzene rings is 3. The maximum atomic E-state index is 13.2. The fourth-order valence-electron chi connectivity index (χ4n) is 3.69. The van der Waals surface area contributed by atoms with E-state index in [0.29, 0.717) is 5.56 Å². The van der Waals surface area contributed by atoms with Gasteiger partial charge in [0.1, 0.15) is 0 Å². The summed E-state index contributed by atoms with van der Waals surface area (Å²) < 4.78 is 0. The summed E-state index contributed by atoms with van der Waals surface area (Å²) in [5, 5.41) is 13.0. The van der Waals surface area contributed by atoms with Gasteiger partial charge >= 0.3 is 0 Å². The van der Waals surface area contributed by atoms with Crippen molar-refractivity contribution in [3.05, 3.63) is 118 Å². The van der Waals surface area contributed by atoms with Gasteiger partial charge in [0.2, 0.25) is 5.78 Å². The summed E-state index contributed by atoms with van der Waals surface area (Å²) in [5.41, 5.74) is 2.70. The lowest BCUT2D eigenvalue weighted by molar-refractivity contribution is -0.507. The number of ketones is 1. The number of hydrogen-bond donors (Lipinski definition) is 1. The van der Waals surface area contributed by atoms with Crippen molar-refractivity contribution in [2.75, 3.05) is 0 Å². The van der Waals surface area contributed by atoms with Crippen LogP contribution in [0.2, 0.25) is 0 Å². The Kier molecular flexibility index (Phi) is 4.72. The minimum absolute atomic E-state index is 0.338. The Morgan fingerprint density at radius 1 is 0.857 bits per heavy atom. The van der Waals surface area contributed by atoms with Crippen LogP contribution < -0.4 is 0 Å². The van der Waals surface area contributed by atoms with Gasteiger partial charge < -0.3 is 4.98 Å². The molecule has 2 atom stereocenters. The maximum absolute atomic E-state index is 13.2. The van der Waals surface area contributed by atoms with Gasteiger partial charge in [0.25, 0.3) is 6.04 Å². The van der Waals surface area contributed by atoms with Gasteiger partial charge in [0, 0.05) is 27.6 Å². The minimum Gasteiger partial charge on any atom is -0.361 e.